The highest BCUT2D eigenvalue weighted by Gasteiger charge is 2.32. The number of carbonyl (C=O) groups excluding carboxylic acids is 1. The Bertz CT molecular complexity index is 937. The molecule has 0 aliphatic heterocycles. The second-order valence-corrected chi connectivity index (χ2v) is 5.04. The monoisotopic (exact) mass is 291 g/mol. The van der Waals surface area contributed by atoms with Crippen molar-refractivity contribution in [1.82, 2.24) is 9.97 Å². The standard InChI is InChI=1S/C17H10FN3O/c18-10-5-3-4-9(8-10)14-13-15(21-17(19)20-14)11-6-1-2-7-12(11)16(13)22/h1-8H,(H2,19,20,21). The van der Waals surface area contributed by atoms with Gasteiger partial charge >= 0.3 is 0 Å². The lowest BCUT2D eigenvalue weighted by atomic mass is 10.0. The number of benzene rings is 2. The molecular weight excluding hydrogens is 281 g/mol. The third kappa shape index (κ3) is 1.72. The smallest absolute Gasteiger partial charge is 0.221 e. The minimum absolute atomic E-state index is 0.0579. The van der Waals surface area contributed by atoms with E-state index in [2.05, 4.69) is 9.97 Å². The molecule has 0 unspecified atom stereocenters. The van der Waals surface area contributed by atoms with Crippen LogP contribution in [0.4, 0.5) is 10.3 Å². The van der Waals surface area contributed by atoms with Crippen LogP contribution in [0.1, 0.15) is 15.9 Å². The first-order valence-corrected chi connectivity index (χ1v) is 6.72. The second kappa shape index (κ2) is 4.46. The van der Waals surface area contributed by atoms with Crippen LogP contribution < -0.4 is 5.73 Å². The Kier molecular flexibility index (Phi) is 2.56. The van der Waals surface area contributed by atoms with Gasteiger partial charge in [0, 0.05) is 16.7 Å². The highest BCUT2D eigenvalue weighted by atomic mass is 19.1. The van der Waals surface area contributed by atoms with Crippen molar-refractivity contribution >= 4 is 11.7 Å². The number of aromatic nitrogens is 2. The highest BCUT2D eigenvalue weighted by molar-refractivity contribution is 6.23. The maximum atomic E-state index is 13.5. The molecule has 0 saturated carbocycles. The number of hydrogen-bond donors (Lipinski definition) is 1. The lowest BCUT2D eigenvalue weighted by Gasteiger charge is -2.07. The number of halogens is 1. The molecule has 106 valence electrons. The summed E-state index contributed by atoms with van der Waals surface area (Å²) in [5.74, 6) is -0.501. The van der Waals surface area contributed by atoms with Gasteiger partial charge < -0.3 is 5.73 Å². The molecule has 2 N–H and O–H groups in total. The van der Waals surface area contributed by atoms with Crippen molar-refractivity contribution in [2.75, 3.05) is 5.73 Å². The fraction of sp³-hybridized carbons (Fsp3) is 0. The first kappa shape index (κ1) is 12.6. The molecule has 1 aromatic heterocycles. The molecule has 0 fully saturated rings. The van der Waals surface area contributed by atoms with Crippen molar-refractivity contribution in [2.45, 2.75) is 0 Å². The van der Waals surface area contributed by atoms with E-state index in [1.807, 2.05) is 12.1 Å². The molecule has 0 atom stereocenters. The minimum atomic E-state index is -0.397. The normalized spacial score (nSPS) is 12.1. The van der Waals surface area contributed by atoms with Crippen molar-refractivity contribution in [3.8, 4) is 22.5 Å². The van der Waals surface area contributed by atoms with Crippen LogP contribution in [0.15, 0.2) is 48.5 Å². The molecule has 1 aliphatic carbocycles. The number of hydrogen-bond acceptors (Lipinski definition) is 4. The largest absolute Gasteiger partial charge is 0.368 e. The predicted octanol–water partition coefficient (Wildman–Crippen LogP) is 3.08. The van der Waals surface area contributed by atoms with E-state index in [0.717, 1.165) is 5.56 Å². The summed E-state index contributed by atoms with van der Waals surface area (Å²) < 4.78 is 13.5. The minimum Gasteiger partial charge on any atom is -0.368 e. The lowest BCUT2D eigenvalue weighted by molar-refractivity contribution is 0.104. The Labute approximate surface area is 125 Å². The number of carbonyl (C=O) groups is 1. The fourth-order valence-corrected chi connectivity index (χ4v) is 2.75. The zero-order valence-electron chi connectivity index (χ0n) is 11.4. The first-order valence-electron chi connectivity index (χ1n) is 6.72. The molecule has 1 heterocycles. The number of nitrogen functional groups attached to an aromatic ring is 1. The van der Waals surface area contributed by atoms with Gasteiger partial charge in [0.1, 0.15) is 5.82 Å². The number of nitrogens with two attached hydrogens (primary N) is 1. The summed E-state index contributed by atoms with van der Waals surface area (Å²) in [7, 11) is 0. The molecule has 0 saturated heterocycles. The summed E-state index contributed by atoms with van der Waals surface area (Å²) in [6, 6.07) is 13.1. The maximum Gasteiger partial charge on any atom is 0.221 e. The molecule has 0 radical (unpaired) electrons. The van der Waals surface area contributed by atoms with Gasteiger partial charge in [-0.3, -0.25) is 4.79 Å². The van der Waals surface area contributed by atoms with E-state index in [1.54, 1.807) is 24.3 Å². The van der Waals surface area contributed by atoms with Gasteiger partial charge in [-0.2, -0.15) is 0 Å². The van der Waals surface area contributed by atoms with E-state index in [0.29, 0.717) is 28.1 Å². The van der Waals surface area contributed by atoms with Gasteiger partial charge in [0.15, 0.2) is 5.78 Å². The zero-order chi connectivity index (χ0) is 15.3. The SMILES string of the molecule is Nc1nc(-c2cccc(F)c2)c2c(n1)-c1ccccc1C2=O. The zero-order valence-corrected chi connectivity index (χ0v) is 11.4. The Morgan fingerprint density at radius 2 is 1.64 bits per heavy atom. The fourth-order valence-electron chi connectivity index (χ4n) is 2.75. The molecular formula is C17H10FN3O. The van der Waals surface area contributed by atoms with Crippen LogP contribution in [0.3, 0.4) is 0 Å². The maximum absolute atomic E-state index is 13.5. The highest BCUT2D eigenvalue weighted by Crippen LogP contribution is 2.39. The van der Waals surface area contributed by atoms with E-state index in [-0.39, 0.29) is 11.7 Å². The van der Waals surface area contributed by atoms with Gasteiger partial charge in [-0.25, -0.2) is 14.4 Å². The molecule has 1 aliphatic rings. The average molecular weight is 291 g/mol. The van der Waals surface area contributed by atoms with Crippen molar-refractivity contribution in [3.63, 3.8) is 0 Å². The van der Waals surface area contributed by atoms with Crippen LogP contribution in [0.5, 0.6) is 0 Å². The van der Waals surface area contributed by atoms with Gasteiger partial charge in [0.25, 0.3) is 0 Å². The number of anilines is 1. The second-order valence-electron chi connectivity index (χ2n) is 5.04. The Morgan fingerprint density at radius 1 is 0.909 bits per heavy atom. The van der Waals surface area contributed by atoms with Gasteiger partial charge in [0.05, 0.1) is 17.0 Å². The Morgan fingerprint density at radius 3 is 2.41 bits per heavy atom. The topological polar surface area (TPSA) is 68.9 Å². The number of ketones is 1. The van der Waals surface area contributed by atoms with Gasteiger partial charge in [0.2, 0.25) is 5.95 Å². The summed E-state index contributed by atoms with van der Waals surface area (Å²) in [5, 5.41) is 0. The molecule has 0 amide bonds. The summed E-state index contributed by atoms with van der Waals surface area (Å²) in [6.07, 6.45) is 0. The van der Waals surface area contributed by atoms with Crippen molar-refractivity contribution in [2.24, 2.45) is 0 Å². The van der Waals surface area contributed by atoms with Crippen molar-refractivity contribution < 1.29 is 9.18 Å². The van der Waals surface area contributed by atoms with E-state index in [9.17, 15) is 9.18 Å². The van der Waals surface area contributed by atoms with Gasteiger partial charge in [-0.05, 0) is 12.1 Å². The van der Waals surface area contributed by atoms with E-state index >= 15 is 0 Å². The van der Waals surface area contributed by atoms with Crippen molar-refractivity contribution in [3.05, 3.63) is 65.5 Å². The van der Waals surface area contributed by atoms with Crippen LogP contribution in [-0.4, -0.2) is 15.8 Å². The molecule has 2 aromatic carbocycles. The van der Waals surface area contributed by atoms with Crippen LogP contribution >= 0.6 is 0 Å². The van der Waals surface area contributed by atoms with E-state index in [4.69, 9.17) is 5.73 Å². The van der Waals surface area contributed by atoms with Crippen LogP contribution in [0.2, 0.25) is 0 Å². The summed E-state index contributed by atoms with van der Waals surface area (Å²) in [4.78, 5) is 21.0. The molecule has 5 heteroatoms. The molecule has 0 spiro atoms. The third-order valence-corrected chi connectivity index (χ3v) is 3.68. The Balaban J connectivity index is 2.05. The predicted molar refractivity (Wildman–Crippen MR) is 80.7 cm³/mol. The quantitative estimate of drug-likeness (QED) is 0.585. The number of nitrogens with zero attached hydrogens (tertiary/aromatic N) is 2. The van der Waals surface area contributed by atoms with Crippen LogP contribution in [0, 0.1) is 5.82 Å². The van der Waals surface area contributed by atoms with E-state index in [1.165, 1.54) is 12.1 Å². The number of rotatable bonds is 1. The first-order chi connectivity index (χ1) is 10.6. The molecule has 22 heavy (non-hydrogen) atoms. The number of fused-ring (bicyclic) bond motifs is 3. The third-order valence-electron chi connectivity index (χ3n) is 3.68. The summed E-state index contributed by atoms with van der Waals surface area (Å²) >= 11 is 0. The van der Waals surface area contributed by atoms with Gasteiger partial charge in [-0.15, -0.1) is 0 Å². The average Bonchev–Trinajstić information content (AvgIpc) is 2.80. The van der Waals surface area contributed by atoms with Gasteiger partial charge in [-0.1, -0.05) is 36.4 Å². The summed E-state index contributed by atoms with van der Waals surface area (Å²) in [6.45, 7) is 0. The molecule has 3 aromatic rings. The summed E-state index contributed by atoms with van der Waals surface area (Å²) in [5.41, 5.74) is 8.83. The molecule has 4 nitrogen and oxygen atoms in total. The van der Waals surface area contributed by atoms with Crippen LogP contribution in [-0.2, 0) is 0 Å². The van der Waals surface area contributed by atoms with Crippen molar-refractivity contribution in [1.29, 1.82) is 0 Å². The van der Waals surface area contributed by atoms with Crippen LogP contribution in [0.25, 0.3) is 22.5 Å². The van der Waals surface area contributed by atoms with E-state index < -0.39 is 5.82 Å². The molecule has 4 rings (SSSR count). The lowest BCUT2D eigenvalue weighted by Crippen LogP contribution is -2.05. The Hall–Kier alpha value is -3.08. The molecule has 0 bridgehead atoms.